The predicted octanol–water partition coefficient (Wildman–Crippen LogP) is 3.11. The number of carbonyl (C=O) groups excluding carboxylic acids is 1. The second-order valence-electron chi connectivity index (χ2n) is 9.43. The highest BCUT2D eigenvalue weighted by atomic mass is 32.1. The van der Waals surface area contributed by atoms with Crippen LogP contribution < -0.4 is 10.2 Å². The molecule has 144 valence electrons. The molecule has 0 saturated carbocycles. The van der Waals surface area contributed by atoms with Crippen LogP contribution in [0.2, 0.25) is 0 Å². The number of piperazine rings is 1. The minimum atomic E-state index is -0.444. The minimum absolute atomic E-state index is 0.0831. The molecular formula is C19H30N4O2S. The number of hydrogen-bond acceptors (Lipinski definition) is 6. The highest BCUT2D eigenvalue weighted by molar-refractivity contribution is 7.15. The maximum absolute atomic E-state index is 12.5. The summed E-state index contributed by atoms with van der Waals surface area (Å²) in [4.78, 5) is 23.3. The van der Waals surface area contributed by atoms with E-state index < -0.39 is 5.60 Å². The molecule has 26 heavy (non-hydrogen) atoms. The fourth-order valence-electron chi connectivity index (χ4n) is 4.36. The molecule has 7 heteroatoms. The van der Waals surface area contributed by atoms with Crippen molar-refractivity contribution in [2.75, 3.05) is 24.5 Å². The number of nitrogens with zero attached hydrogens (tertiary/aromatic N) is 3. The van der Waals surface area contributed by atoms with Gasteiger partial charge in [-0.2, -0.15) is 0 Å². The van der Waals surface area contributed by atoms with E-state index in [0.29, 0.717) is 12.1 Å². The normalized spacial score (nSPS) is 27.4. The number of thiazole rings is 1. The number of ether oxygens (including phenoxy) is 1. The summed E-state index contributed by atoms with van der Waals surface area (Å²) in [6.07, 6.45) is 2.06. The SMILES string of the molecule is CC(C)(C)OC(=O)N1CC2CCC(C1)N2c1nc2c(s1)CNCC2(C)C. The Morgan fingerprint density at radius 2 is 1.92 bits per heavy atom. The number of amides is 1. The fraction of sp³-hybridized carbons (Fsp3) is 0.789. The predicted molar refractivity (Wildman–Crippen MR) is 104 cm³/mol. The summed E-state index contributed by atoms with van der Waals surface area (Å²) in [5, 5.41) is 4.65. The van der Waals surface area contributed by atoms with Crippen molar-refractivity contribution in [1.29, 1.82) is 0 Å². The quantitative estimate of drug-likeness (QED) is 0.814. The molecule has 1 amide bonds. The van der Waals surface area contributed by atoms with Crippen LogP contribution in [0.3, 0.4) is 0 Å². The molecule has 2 bridgehead atoms. The van der Waals surface area contributed by atoms with Gasteiger partial charge in [0.1, 0.15) is 5.60 Å². The van der Waals surface area contributed by atoms with E-state index in [1.807, 2.05) is 37.0 Å². The summed E-state index contributed by atoms with van der Waals surface area (Å²) >= 11 is 1.83. The van der Waals surface area contributed by atoms with Gasteiger partial charge in [0.15, 0.2) is 5.13 Å². The van der Waals surface area contributed by atoms with Crippen LogP contribution in [-0.2, 0) is 16.7 Å². The zero-order chi connectivity index (χ0) is 18.7. The molecule has 0 radical (unpaired) electrons. The van der Waals surface area contributed by atoms with Gasteiger partial charge in [0.25, 0.3) is 0 Å². The van der Waals surface area contributed by atoms with Gasteiger partial charge in [0.05, 0.1) is 5.69 Å². The Balaban J connectivity index is 1.53. The Morgan fingerprint density at radius 3 is 2.50 bits per heavy atom. The lowest BCUT2D eigenvalue weighted by atomic mass is 9.86. The van der Waals surface area contributed by atoms with Crippen LogP contribution in [0.4, 0.5) is 9.93 Å². The molecule has 0 aliphatic carbocycles. The monoisotopic (exact) mass is 378 g/mol. The number of anilines is 1. The summed E-state index contributed by atoms with van der Waals surface area (Å²) < 4.78 is 5.58. The van der Waals surface area contributed by atoms with Gasteiger partial charge >= 0.3 is 6.09 Å². The fourth-order valence-corrected chi connectivity index (χ4v) is 5.72. The lowest BCUT2D eigenvalue weighted by molar-refractivity contribution is 0.0209. The standard InChI is InChI=1S/C19H30N4O2S/c1-18(2,3)25-17(24)22-9-12-6-7-13(10-22)23(12)16-21-15-14(26-16)8-20-11-19(15,4)5/h12-13,20H,6-11H2,1-5H3. The topological polar surface area (TPSA) is 57.7 Å². The minimum Gasteiger partial charge on any atom is -0.444 e. The largest absolute Gasteiger partial charge is 0.444 e. The molecule has 3 aliphatic rings. The molecule has 0 spiro atoms. The number of hydrogen-bond donors (Lipinski definition) is 1. The van der Waals surface area contributed by atoms with Gasteiger partial charge in [0, 0.05) is 48.6 Å². The van der Waals surface area contributed by atoms with E-state index >= 15 is 0 Å². The summed E-state index contributed by atoms with van der Waals surface area (Å²) in [7, 11) is 0. The highest BCUT2D eigenvalue weighted by Gasteiger charge is 2.44. The smallest absolute Gasteiger partial charge is 0.410 e. The third-order valence-electron chi connectivity index (χ3n) is 5.53. The highest BCUT2D eigenvalue weighted by Crippen LogP contribution is 2.41. The zero-order valence-electron chi connectivity index (χ0n) is 16.5. The molecule has 4 heterocycles. The van der Waals surface area contributed by atoms with Crippen LogP contribution in [-0.4, -0.2) is 53.3 Å². The lowest BCUT2D eigenvalue weighted by Gasteiger charge is -2.41. The van der Waals surface area contributed by atoms with Crippen molar-refractivity contribution >= 4 is 22.6 Å². The first kappa shape index (κ1) is 18.0. The Bertz CT molecular complexity index is 695. The van der Waals surface area contributed by atoms with Crippen molar-refractivity contribution in [3.05, 3.63) is 10.6 Å². The first-order chi connectivity index (χ1) is 12.1. The van der Waals surface area contributed by atoms with Crippen molar-refractivity contribution in [3.8, 4) is 0 Å². The molecule has 2 fully saturated rings. The molecule has 6 nitrogen and oxygen atoms in total. The molecule has 1 aromatic heterocycles. The van der Waals surface area contributed by atoms with Crippen LogP contribution in [0.5, 0.6) is 0 Å². The van der Waals surface area contributed by atoms with E-state index in [4.69, 9.17) is 9.72 Å². The van der Waals surface area contributed by atoms with Crippen LogP contribution in [0.1, 0.15) is 58.0 Å². The first-order valence-electron chi connectivity index (χ1n) is 9.61. The van der Waals surface area contributed by atoms with Gasteiger partial charge in [-0.25, -0.2) is 9.78 Å². The maximum atomic E-state index is 12.5. The van der Waals surface area contributed by atoms with Gasteiger partial charge in [-0.3, -0.25) is 0 Å². The number of fused-ring (bicyclic) bond motifs is 3. The summed E-state index contributed by atoms with van der Waals surface area (Å²) in [5.74, 6) is 0. The van der Waals surface area contributed by atoms with Crippen molar-refractivity contribution in [2.24, 2.45) is 0 Å². The Kier molecular flexibility index (Phi) is 4.23. The zero-order valence-corrected chi connectivity index (χ0v) is 17.3. The van der Waals surface area contributed by atoms with E-state index in [1.165, 1.54) is 10.6 Å². The summed E-state index contributed by atoms with van der Waals surface area (Å²) in [5.41, 5.74) is 0.894. The van der Waals surface area contributed by atoms with Crippen molar-refractivity contribution in [2.45, 2.75) is 77.1 Å². The molecule has 4 rings (SSSR count). The second-order valence-corrected chi connectivity index (χ2v) is 10.5. The van der Waals surface area contributed by atoms with Crippen LogP contribution in [0, 0.1) is 0 Å². The maximum Gasteiger partial charge on any atom is 0.410 e. The Hall–Kier alpha value is -1.34. The summed E-state index contributed by atoms with van der Waals surface area (Å²) in [6.45, 7) is 13.6. The van der Waals surface area contributed by atoms with E-state index in [2.05, 4.69) is 24.1 Å². The van der Waals surface area contributed by atoms with Crippen molar-refractivity contribution in [3.63, 3.8) is 0 Å². The van der Waals surface area contributed by atoms with E-state index in [1.54, 1.807) is 0 Å². The van der Waals surface area contributed by atoms with Gasteiger partial charge in [0.2, 0.25) is 0 Å². The van der Waals surface area contributed by atoms with E-state index in [0.717, 1.165) is 44.2 Å². The average molecular weight is 379 g/mol. The van der Waals surface area contributed by atoms with Gasteiger partial charge < -0.3 is 19.9 Å². The molecular weight excluding hydrogens is 348 g/mol. The molecule has 2 saturated heterocycles. The number of nitrogens with one attached hydrogen (secondary N) is 1. The molecule has 2 unspecified atom stereocenters. The van der Waals surface area contributed by atoms with Crippen LogP contribution in [0.15, 0.2) is 0 Å². The van der Waals surface area contributed by atoms with Gasteiger partial charge in [-0.05, 0) is 33.6 Å². The van der Waals surface area contributed by atoms with Gasteiger partial charge in [-0.1, -0.05) is 13.8 Å². The van der Waals surface area contributed by atoms with Gasteiger partial charge in [-0.15, -0.1) is 11.3 Å². The molecule has 2 atom stereocenters. The third-order valence-corrected chi connectivity index (χ3v) is 6.60. The number of likely N-dealkylation sites (tertiary alicyclic amines) is 1. The molecule has 3 aliphatic heterocycles. The third kappa shape index (κ3) is 3.20. The first-order valence-corrected chi connectivity index (χ1v) is 10.4. The molecule has 1 N–H and O–H groups in total. The number of rotatable bonds is 1. The summed E-state index contributed by atoms with van der Waals surface area (Å²) in [6, 6.07) is 0.704. The van der Waals surface area contributed by atoms with Crippen LogP contribution in [0.25, 0.3) is 0 Å². The van der Waals surface area contributed by atoms with Crippen LogP contribution >= 0.6 is 11.3 Å². The Morgan fingerprint density at radius 1 is 1.27 bits per heavy atom. The number of aromatic nitrogens is 1. The lowest BCUT2D eigenvalue weighted by Crippen LogP contribution is -2.56. The van der Waals surface area contributed by atoms with Crippen molar-refractivity contribution in [1.82, 2.24) is 15.2 Å². The average Bonchev–Trinajstić information content (AvgIpc) is 3.04. The number of carbonyl (C=O) groups is 1. The van der Waals surface area contributed by atoms with Crippen molar-refractivity contribution < 1.29 is 9.53 Å². The molecule has 1 aromatic rings. The van der Waals surface area contributed by atoms with E-state index in [-0.39, 0.29) is 11.5 Å². The Labute approximate surface area is 159 Å². The second kappa shape index (κ2) is 6.09. The molecule has 0 aromatic carbocycles. The van der Waals surface area contributed by atoms with E-state index in [9.17, 15) is 4.79 Å².